The van der Waals surface area contributed by atoms with Gasteiger partial charge in [-0.25, -0.2) is 5.01 Å². The minimum Gasteiger partial charge on any atom is -0.272 e. The molecule has 1 aromatic heterocycles. The van der Waals surface area contributed by atoms with E-state index in [1.54, 1.807) is 24.5 Å². The van der Waals surface area contributed by atoms with Crippen molar-refractivity contribution in [2.24, 2.45) is 5.10 Å². The molecular formula is C14H11N3O. The monoisotopic (exact) mass is 237 g/mol. The van der Waals surface area contributed by atoms with Crippen LogP contribution in [0.2, 0.25) is 0 Å². The fraction of sp³-hybridized carbons (Fsp3) is 0.0714. The van der Waals surface area contributed by atoms with Crippen LogP contribution in [-0.2, 0) is 4.79 Å². The first-order valence-corrected chi connectivity index (χ1v) is 5.70. The summed E-state index contributed by atoms with van der Waals surface area (Å²) < 4.78 is 0. The molecule has 4 heteroatoms. The van der Waals surface area contributed by atoms with Gasteiger partial charge in [0.25, 0.3) is 5.91 Å². The van der Waals surface area contributed by atoms with Crippen LogP contribution in [-0.4, -0.2) is 16.6 Å². The lowest BCUT2D eigenvalue weighted by molar-refractivity contribution is -0.116. The summed E-state index contributed by atoms with van der Waals surface area (Å²) in [5.74, 6) is -0.0138. The van der Waals surface area contributed by atoms with Gasteiger partial charge in [-0.05, 0) is 17.7 Å². The molecule has 2 aromatic rings. The third-order valence-corrected chi connectivity index (χ3v) is 2.79. The number of pyridine rings is 1. The number of carbonyl (C=O) groups excluding carboxylic acids is 1. The first kappa shape index (κ1) is 10.7. The van der Waals surface area contributed by atoms with Crippen molar-refractivity contribution in [1.29, 1.82) is 0 Å². The van der Waals surface area contributed by atoms with E-state index in [4.69, 9.17) is 0 Å². The smallest absolute Gasteiger partial charge is 0.253 e. The summed E-state index contributed by atoms with van der Waals surface area (Å²) in [5.41, 5.74) is 2.54. The Morgan fingerprint density at radius 2 is 1.72 bits per heavy atom. The zero-order chi connectivity index (χ0) is 12.4. The molecule has 88 valence electrons. The predicted molar refractivity (Wildman–Crippen MR) is 69.3 cm³/mol. The zero-order valence-electron chi connectivity index (χ0n) is 9.65. The summed E-state index contributed by atoms with van der Waals surface area (Å²) in [6.45, 7) is 0. The van der Waals surface area contributed by atoms with Crippen molar-refractivity contribution in [3.63, 3.8) is 0 Å². The Bertz CT molecular complexity index is 593. The largest absolute Gasteiger partial charge is 0.272 e. The normalized spacial score (nSPS) is 14.8. The number of hydrogen-bond donors (Lipinski definition) is 0. The van der Waals surface area contributed by atoms with Crippen molar-refractivity contribution < 1.29 is 4.79 Å². The maximum Gasteiger partial charge on any atom is 0.253 e. The van der Waals surface area contributed by atoms with Gasteiger partial charge in [0.1, 0.15) is 0 Å². The van der Waals surface area contributed by atoms with E-state index in [0.29, 0.717) is 6.42 Å². The van der Waals surface area contributed by atoms with Gasteiger partial charge in [0, 0.05) is 12.4 Å². The van der Waals surface area contributed by atoms with Gasteiger partial charge < -0.3 is 0 Å². The molecule has 0 fully saturated rings. The molecule has 18 heavy (non-hydrogen) atoms. The van der Waals surface area contributed by atoms with Gasteiger partial charge in [-0.3, -0.25) is 9.78 Å². The van der Waals surface area contributed by atoms with Gasteiger partial charge in [-0.2, -0.15) is 5.10 Å². The molecule has 0 N–H and O–H groups in total. The first-order chi connectivity index (χ1) is 8.84. The molecule has 0 atom stereocenters. The SMILES string of the molecule is O=C1CC(c2ccccc2)=NN1c1ccncc1. The molecule has 1 aliphatic rings. The van der Waals surface area contributed by atoms with E-state index in [1.165, 1.54) is 5.01 Å². The maximum atomic E-state index is 11.9. The van der Waals surface area contributed by atoms with E-state index >= 15 is 0 Å². The van der Waals surface area contributed by atoms with Crippen molar-refractivity contribution in [1.82, 2.24) is 4.98 Å². The lowest BCUT2D eigenvalue weighted by atomic mass is 10.1. The number of hydrazone groups is 1. The number of amides is 1. The first-order valence-electron chi connectivity index (χ1n) is 5.70. The van der Waals surface area contributed by atoms with Crippen molar-refractivity contribution >= 4 is 17.3 Å². The number of anilines is 1. The standard InChI is InChI=1S/C14H11N3O/c18-14-10-13(11-4-2-1-3-5-11)16-17(14)12-6-8-15-9-7-12/h1-9H,10H2. The highest BCUT2D eigenvalue weighted by molar-refractivity contribution is 6.19. The van der Waals surface area contributed by atoms with E-state index in [0.717, 1.165) is 17.0 Å². The number of rotatable bonds is 2. The van der Waals surface area contributed by atoms with Gasteiger partial charge >= 0.3 is 0 Å². The van der Waals surface area contributed by atoms with Crippen molar-refractivity contribution in [2.75, 3.05) is 5.01 Å². The molecular weight excluding hydrogens is 226 g/mol. The molecule has 0 unspecified atom stereocenters. The van der Waals surface area contributed by atoms with Gasteiger partial charge in [0.2, 0.25) is 0 Å². The van der Waals surface area contributed by atoms with E-state index in [2.05, 4.69) is 10.1 Å². The second-order valence-electron chi connectivity index (χ2n) is 4.00. The third kappa shape index (κ3) is 1.88. The Hall–Kier alpha value is -2.49. The Morgan fingerprint density at radius 1 is 1.00 bits per heavy atom. The second kappa shape index (κ2) is 4.41. The van der Waals surface area contributed by atoms with Gasteiger partial charge in [0.15, 0.2) is 0 Å². The molecule has 2 heterocycles. The average molecular weight is 237 g/mol. The Labute approximate surface area is 105 Å². The molecule has 1 aromatic carbocycles. The Morgan fingerprint density at radius 3 is 2.44 bits per heavy atom. The lowest BCUT2D eigenvalue weighted by Crippen LogP contribution is -2.19. The highest BCUT2D eigenvalue weighted by Crippen LogP contribution is 2.21. The molecule has 0 saturated carbocycles. The molecule has 0 aliphatic carbocycles. The summed E-state index contributed by atoms with van der Waals surface area (Å²) in [5, 5.41) is 5.82. The van der Waals surface area contributed by atoms with Crippen molar-refractivity contribution in [3.05, 3.63) is 60.4 Å². The molecule has 4 nitrogen and oxygen atoms in total. The Kier molecular flexibility index (Phi) is 2.61. The van der Waals surface area contributed by atoms with Crippen LogP contribution in [0, 0.1) is 0 Å². The lowest BCUT2D eigenvalue weighted by Gasteiger charge is -2.10. The minimum absolute atomic E-state index is 0.0138. The summed E-state index contributed by atoms with van der Waals surface area (Å²) in [4.78, 5) is 15.9. The van der Waals surface area contributed by atoms with Crippen LogP contribution >= 0.6 is 0 Å². The van der Waals surface area contributed by atoms with Crippen LogP contribution < -0.4 is 5.01 Å². The number of aromatic nitrogens is 1. The highest BCUT2D eigenvalue weighted by Gasteiger charge is 2.25. The summed E-state index contributed by atoms with van der Waals surface area (Å²) in [7, 11) is 0. The van der Waals surface area contributed by atoms with Crippen LogP contribution in [0.4, 0.5) is 5.69 Å². The summed E-state index contributed by atoms with van der Waals surface area (Å²) in [6.07, 6.45) is 3.64. The maximum absolute atomic E-state index is 11.9. The van der Waals surface area contributed by atoms with E-state index in [1.807, 2.05) is 30.3 Å². The number of carbonyl (C=O) groups is 1. The van der Waals surface area contributed by atoms with Crippen LogP contribution in [0.3, 0.4) is 0 Å². The van der Waals surface area contributed by atoms with Crippen LogP contribution in [0.5, 0.6) is 0 Å². The molecule has 1 aliphatic heterocycles. The second-order valence-corrected chi connectivity index (χ2v) is 4.00. The molecule has 3 rings (SSSR count). The van der Waals surface area contributed by atoms with E-state index < -0.39 is 0 Å². The molecule has 1 amide bonds. The summed E-state index contributed by atoms with van der Waals surface area (Å²) >= 11 is 0. The van der Waals surface area contributed by atoms with E-state index in [9.17, 15) is 4.79 Å². The topological polar surface area (TPSA) is 45.6 Å². The molecule has 0 bridgehead atoms. The number of benzene rings is 1. The van der Waals surface area contributed by atoms with Gasteiger partial charge in [-0.15, -0.1) is 0 Å². The number of hydrogen-bond acceptors (Lipinski definition) is 3. The highest BCUT2D eigenvalue weighted by atomic mass is 16.2. The van der Waals surface area contributed by atoms with Crippen LogP contribution in [0.25, 0.3) is 0 Å². The zero-order valence-corrected chi connectivity index (χ0v) is 9.65. The average Bonchev–Trinajstić information content (AvgIpc) is 2.83. The van der Waals surface area contributed by atoms with E-state index in [-0.39, 0.29) is 5.91 Å². The fourth-order valence-corrected chi connectivity index (χ4v) is 1.91. The number of nitrogens with zero attached hydrogens (tertiary/aromatic N) is 3. The van der Waals surface area contributed by atoms with Crippen molar-refractivity contribution in [2.45, 2.75) is 6.42 Å². The van der Waals surface area contributed by atoms with Crippen LogP contribution in [0.1, 0.15) is 12.0 Å². The molecule has 0 radical (unpaired) electrons. The quantitative estimate of drug-likeness (QED) is 0.804. The van der Waals surface area contributed by atoms with Gasteiger partial charge in [0.05, 0.1) is 17.8 Å². The predicted octanol–water partition coefficient (Wildman–Crippen LogP) is 2.22. The summed E-state index contributed by atoms with van der Waals surface area (Å²) in [6, 6.07) is 13.3. The fourth-order valence-electron chi connectivity index (χ4n) is 1.91. The van der Waals surface area contributed by atoms with Crippen LogP contribution in [0.15, 0.2) is 60.0 Å². The Balaban J connectivity index is 1.95. The third-order valence-electron chi connectivity index (χ3n) is 2.79. The molecule has 0 saturated heterocycles. The minimum atomic E-state index is -0.0138. The molecule has 0 spiro atoms. The van der Waals surface area contributed by atoms with Gasteiger partial charge in [-0.1, -0.05) is 30.3 Å². The van der Waals surface area contributed by atoms with Crippen molar-refractivity contribution in [3.8, 4) is 0 Å².